The molecule has 19 heavy (non-hydrogen) atoms. The van der Waals surface area contributed by atoms with Gasteiger partial charge in [0.15, 0.2) is 0 Å². The van der Waals surface area contributed by atoms with Crippen LogP contribution in [-0.4, -0.2) is 9.78 Å². The quantitative estimate of drug-likeness (QED) is 0.921. The van der Waals surface area contributed by atoms with Crippen LogP contribution in [0.25, 0.3) is 0 Å². The summed E-state index contributed by atoms with van der Waals surface area (Å²) in [6.07, 6.45) is 0. The van der Waals surface area contributed by atoms with Gasteiger partial charge in [0.05, 0.1) is 5.69 Å². The summed E-state index contributed by atoms with van der Waals surface area (Å²) in [5.74, 6) is -1.10. The molecular formula is C14H17F2N3. The summed E-state index contributed by atoms with van der Waals surface area (Å²) in [4.78, 5) is 0. The Kier molecular flexibility index (Phi) is 3.95. The zero-order valence-corrected chi connectivity index (χ0v) is 11.3. The molecule has 0 aliphatic rings. The maximum atomic E-state index is 13.0. The minimum atomic E-state index is -0.550. The average molecular weight is 265 g/mol. The van der Waals surface area contributed by atoms with E-state index in [0.717, 1.165) is 23.0 Å². The monoisotopic (exact) mass is 265 g/mol. The summed E-state index contributed by atoms with van der Waals surface area (Å²) in [6.45, 7) is 5.00. The Morgan fingerprint density at radius 2 is 1.74 bits per heavy atom. The van der Waals surface area contributed by atoms with Crippen molar-refractivity contribution in [3.8, 4) is 0 Å². The Bertz CT molecular complexity index is 570. The van der Waals surface area contributed by atoms with Crippen LogP contribution in [0.4, 0.5) is 8.78 Å². The van der Waals surface area contributed by atoms with Gasteiger partial charge >= 0.3 is 0 Å². The predicted molar refractivity (Wildman–Crippen MR) is 69.6 cm³/mol. The smallest absolute Gasteiger partial charge is 0.126 e. The molecule has 0 radical (unpaired) electrons. The van der Waals surface area contributed by atoms with E-state index in [2.05, 4.69) is 10.4 Å². The molecule has 0 bridgehead atoms. The third-order valence-corrected chi connectivity index (χ3v) is 3.21. The fourth-order valence-electron chi connectivity index (χ4n) is 2.12. The lowest BCUT2D eigenvalue weighted by atomic mass is 10.1. The zero-order valence-electron chi connectivity index (χ0n) is 11.3. The van der Waals surface area contributed by atoms with Gasteiger partial charge in [0, 0.05) is 37.5 Å². The molecule has 0 unspecified atom stereocenters. The molecule has 5 heteroatoms. The van der Waals surface area contributed by atoms with Gasteiger partial charge in [-0.1, -0.05) is 0 Å². The molecule has 1 heterocycles. The van der Waals surface area contributed by atoms with Crippen LogP contribution in [0.5, 0.6) is 0 Å². The first kappa shape index (κ1) is 13.7. The SMILES string of the molecule is Cc1nn(C)c(C)c1CNCc1cc(F)cc(F)c1. The van der Waals surface area contributed by atoms with E-state index in [4.69, 9.17) is 0 Å². The van der Waals surface area contributed by atoms with Crippen LogP contribution >= 0.6 is 0 Å². The average Bonchev–Trinajstić information content (AvgIpc) is 2.54. The Morgan fingerprint density at radius 1 is 1.11 bits per heavy atom. The number of benzene rings is 1. The van der Waals surface area contributed by atoms with Crippen LogP contribution in [0.2, 0.25) is 0 Å². The van der Waals surface area contributed by atoms with Crippen LogP contribution in [0.1, 0.15) is 22.5 Å². The minimum absolute atomic E-state index is 0.419. The van der Waals surface area contributed by atoms with Gasteiger partial charge in [0.25, 0.3) is 0 Å². The molecule has 0 saturated carbocycles. The van der Waals surface area contributed by atoms with E-state index in [1.54, 1.807) is 0 Å². The highest BCUT2D eigenvalue weighted by molar-refractivity contribution is 5.24. The summed E-state index contributed by atoms with van der Waals surface area (Å²) < 4.78 is 27.9. The number of hydrogen-bond acceptors (Lipinski definition) is 2. The molecule has 0 aliphatic carbocycles. The fourth-order valence-corrected chi connectivity index (χ4v) is 2.12. The molecule has 102 valence electrons. The molecule has 1 N–H and O–H groups in total. The highest BCUT2D eigenvalue weighted by Gasteiger charge is 2.08. The van der Waals surface area contributed by atoms with E-state index in [0.29, 0.717) is 18.7 Å². The molecule has 0 aliphatic heterocycles. The molecule has 0 spiro atoms. The van der Waals surface area contributed by atoms with Crippen molar-refractivity contribution < 1.29 is 8.78 Å². The van der Waals surface area contributed by atoms with Gasteiger partial charge in [-0.25, -0.2) is 8.78 Å². The van der Waals surface area contributed by atoms with Crippen LogP contribution in [0, 0.1) is 25.5 Å². The van der Waals surface area contributed by atoms with Gasteiger partial charge < -0.3 is 5.32 Å². The summed E-state index contributed by atoms with van der Waals surface area (Å²) >= 11 is 0. The van der Waals surface area contributed by atoms with Crippen LogP contribution < -0.4 is 5.32 Å². The van der Waals surface area contributed by atoms with E-state index >= 15 is 0 Å². The Labute approximate surface area is 111 Å². The molecule has 2 aromatic rings. The maximum absolute atomic E-state index is 13.0. The number of halogens is 2. The Hall–Kier alpha value is -1.75. The number of nitrogens with zero attached hydrogens (tertiary/aromatic N) is 2. The summed E-state index contributed by atoms with van der Waals surface area (Å²) in [7, 11) is 1.90. The number of hydrogen-bond donors (Lipinski definition) is 1. The second-order valence-corrected chi connectivity index (χ2v) is 4.65. The van der Waals surface area contributed by atoms with Crippen molar-refractivity contribution in [2.45, 2.75) is 26.9 Å². The van der Waals surface area contributed by atoms with Gasteiger partial charge in [-0.3, -0.25) is 4.68 Å². The second-order valence-electron chi connectivity index (χ2n) is 4.65. The lowest BCUT2D eigenvalue weighted by Crippen LogP contribution is -2.14. The second kappa shape index (κ2) is 5.48. The van der Waals surface area contributed by atoms with E-state index in [1.807, 2.05) is 25.6 Å². The molecule has 0 amide bonds. The van der Waals surface area contributed by atoms with Crippen molar-refractivity contribution in [1.82, 2.24) is 15.1 Å². The van der Waals surface area contributed by atoms with Gasteiger partial charge in [-0.2, -0.15) is 5.10 Å². The van der Waals surface area contributed by atoms with E-state index < -0.39 is 11.6 Å². The minimum Gasteiger partial charge on any atom is -0.308 e. The number of rotatable bonds is 4. The zero-order chi connectivity index (χ0) is 14.0. The number of nitrogens with one attached hydrogen (secondary N) is 1. The molecule has 0 fully saturated rings. The first-order valence-electron chi connectivity index (χ1n) is 6.12. The third kappa shape index (κ3) is 3.17. The van der Waals surface area contributed by atoms with Gasteiger partial charge in [-0.15, -0.1) is 0 Å². The van der Waals surface area contributed by atoms with Crippen molar-refractivity contribution in [2.75, 3.05) is 0 Å². The number of aromatic nitrogens is 2. The molecule has 0 atom stereocenters. The Morgan fingerprint density at radius 3 is 2.26 bits per heavy atom. The number of aryl methyl sites for hydroxylation is 2. The van der Waals surface area contributed by atoms with E-state index in [1.165, 1.54) is 12.1 Å². The standard InChI is InChI=1S/C14H17F2N3/c1-9-14(10(2)19(3)18-9)8-17-7-11-4-12(15)6-13(16)5-11/h4-6,17H,7-8H2,1-3H3. The third-order valence-electron chi connectivity index (χ3n) is 3.21. The van der Waals surface area contributed by atoms with Crippen molar-refractivity contribution in [3.05, 3.63) is 52.3 Å². The lowest BCUT2D eigenvalue weighted by Gasteiger charge is -2.06. The molecule has 3 nitrogen and oxygen atoms in total. The van der Waals surface area contributed by atoms with E-state index in [9.17, 15) is 8.78 Å². The molecule has 2 rings (SSSR count). The summed E-state index contributed by atoms with van der Waals surface area (Å²) in [5.41, 5.74) is 3.78. The van der Waals surface area contributed by atoms with Crippen molar-refractivity contribution in [3.63, 3.8) is 0 Å². The van der Waals surface area contributed by atoms with Crippen LogP contribution in [-0.2, 0) is 20.1 Å². The van der Waals surface area contributed by atoms with Crippen molar-refractivity contribution in [1.29, 1.82) is 0 Å². The predicted octanol–water partition coefficient (Wildman–Crippen LogP) is 2.60. The topological polar surface area (TPSA) is 29.9 Å². The highest BCUT2D eigenvalue weighted by Crippen LogP contribution is 2.12. The molecular weight excluding hydrogens is 248 g/mol. The van der Waals surface area contributed by atoms with E-state index in [-0.39, 0.29) is 0 Å². The van der Waals surface area contributed by atoms with Gasteiger partial charge in [0.2, 0.25) is 0 Å². The molecule has 1 aromatic heterocycles. The first-order valence-corrected chi connectivity index (χ1v) is 6.12. The summed E-state index contributed by atoms with van der Waals surface area (Å²) in [5, 5.41) is 7.50. The van der Waals surface area contributed by atoms with Crippen LogP contribution in [0.15, 0.2) is 18.2 Å². The summed E-state index contributed by atoms with van der Waals surface area (Å²) in [6, 6.07) is 3.54. The van der Waals surface area contributed by atoms with Gasteiger partial charge in [-0.05, 0) is 31.5 Å². The maximum Gasteiger partial charge on any atom is 0.126 e. The fraction of sp³-hybridized carbons (Fsp3) is 0.357. The largest absolute Gasteiger partial charge is 0.308 e. The highest BCUT2D eigenvalue weighted by atomic mass is 19.1. The molecule has 1 aromatic carbocycles. The normalized spacial score (nSPS) is 11.0. The van der Waals surface area contributed by atoms with Crippen molar-refractivity contribution in [2.24, 2.45) is 7.05 Å². The lowest BCUT2D eigenvalue weighted by molar-refractivity contribution is 0.575. The Balaban J connectivity index is 2.00. The van der Waals surface area contributed by atoms with Gasteiger partial charge in [0.1, 0.15) is 11.6 Å². The molecule has 0 saturated heterocycles. The van der Waals surface area contributed by atoms with Crippen LogP contribution in [0.3, 0.4) is 0 Å². The first-order chi connectivity index (χ1) is 8.97. The van der Waals surface area contributed by atoms with Crippen molar-refractivity contribution >= 4 is 0 Å².